The van der Waals surface area contributed by atoms with E-state index in [1.165, 1.54) is 19.3 Å². The molecule has 92 valence electrons. The summed E-state index contributed by atoms with van der Waals surface area (Å²) in [6.07, 6.45) is 6.98. The van der Waals surface area contributed by atoms with Gasteiger partial charge in [0, 0.05) is 13.1 Å². The van der Waals surface area contributed by atoms with Gasteiger partial charge in [0.2, 0.25) is 5.91 Å². The predicted molar refractivity (Wildman–Crippen MR) is 65.8 cm³/mol. The van der Waals surface area contributed by atoms with E-state index in [-0.39, 0.29) is 5.91 Å². The van der Waals surface area contributed by atoms with Crippen LogP contribution in [0.15, 0.2) is 12.4 Å². The van der Waals surface area contributed by atoms with E-state index in [0.717, 1.165) is 5.69 Å². The van der Waals surface area contributed by atoms with Gasteiger partial charge in [-0.25, -0.2) is 9.97 Å². The largest absolute Gasteiger partial charge is 0.312 e. The molecule has 5 heteroatoms. The maximum Gasteiger partial charge on any atom is 0.240 e. The van der Waals surface area contributed by atoms with Crippen molar-refractivity contribution in [2.75, 3.05) is 18.5 Å². The average Bonchev–Trinajstić information content (AvgIpc) is 2.27. The molecular formula is C12H18N4O. The summed E-state index contributed by atoms with van der Waals surface area (Å²) in [5.41, 5.74) is 0.732. The molecule has 0 unspecified atom stereocenters. The number of likely N-dealkylation sites (N-methyl/N-ethyl adjacent to an activating group) is 1. The second-order valence-corrected chi connectivity index (χ2v) is 4.45. The number of aryl methyl sites for hydroxylation is 1. The van der Waals surface area contributed by atoms with Crippen LogP contribution in [-0.4, -0.2) is 35.5 Å². The molecule has 0 aromatic carbocycles. The van der Waals surface area contributed by atoms with Gasteiger partial charge in [-0.1, -0.05) is 6.42 Å². The Morgan fingerprint density at radius 1 is 1.47 bits per heavy atom. The zero-order valence-corrected chi connectivity index (χ0v) is 10.3. The second-order valence-electron chi connectivity index (χ2n) is 4.45. The van der Waals surface area contributed by atoms with Crippen LogP contribution in [0.1, 0.15) is 25.1 Å². The van der Waals surface area contributed by atoms with Gasteiger partial charge in [-0.05, 0) is 19.8 Å². The third-order valence-electron chi connectivity index (χ3n) is 3.18. The molecule has 0 spiro atoms. The molecule has 1 aromatic rings. The number of rotatable bonds is 4. The number of hydrogen-bond donors (Lipinski definition) is 1. The summed E-state index contributed by atoms with van der Waals surface area (Å²) < 4.78 is 0. The quantitative estimate of drug-likeness (QED) is 0.840. The van der Waals surface area contributed by atoms with Gasteiger partial charge in [0.05, 0.1) is 24.6 Å². The monoisotopic (exact) mass is 234 g/mol. The summed E-state index contributed by atoms with van der Waals surface area (Å²) in [4.78, 5) is 21.6. The Labute approximate surface area is 101 Å². The first-order chi connectivity index (χ1) is 8.16. The minimum Gasteiger partial charge on any atom is -0.312 e. The van der Waals surface area contributed by atoms with Crippen LogP contribution in [0, 0.1) is 6.92 Å². The summed E-state index contributed by atoms with van der Waals surface area (Å²) in [6, 6.07) is 0.529. The van der Waals surface area contributed by atoms with Crippen LogP contribution in [-0.2, 0) is 4.79 Å². The molecule has 1 aliphatic carbocycles. The summed E-state index contributed by atoms with van der Waals surface area (Å²) in [6.45, 7) is 2.21. The van der Waals surface area contributed by atoms with Crippen LogP contribution in [0.3, 0.4) is 0 Å². The molecule has 0 bridgehead atoms. The van der Waals surface area contributed by atoms with Crippen molar-refractivity contribution in [3.63, 3.8) is 0 Å². The first-order valence-electron chi connectivity index (χ1n) is 5.95. The van der Waals surface area contributed by atoms with E-state index in [2.05, 4.69) is 15.3 Å². The molecule has 1 N–H and O–H groups in total. The third-order valence-corrected chi connectivity index (χ3v) is 3.18. The minimum atomic E-state index is 0.0457. The van der Waals surface area contributed by atoms with E-state index in [0.29, 0.717) is 18.4 Å². The normalized spacial score (nSPS) is 15.4. The molecule has 1 amide bonds. The molecule has 1 fully saturated rings. The smallest absolute Gasteiger partial charge is 0.240 e. The van der Waals surface area contributed by atoms with Gasteiger partial charge in [-0.2, -0.15) is 0 Å². The van der Waals surface area contributed by atoms with E-state index in [9.17, 15) is 4.79 Å². The van der Waals surface area contributed by atoms with Crippen molar-refractivity contribution in [1.29, 1.82) is 0 Å². The molecule has 1 aromatic heterocycles. The highest BCUT2D eigenvalue weighted by Crippen LogP contribution is 2.17. The first kappa shape index (κ1) is 12.0. The molecule has 17 heavy (non-hydrogen) atoms. The Bertz CT molecular complexity index is 386. The maximum absolute atomic E-state index is 11.9. The fraction of sp³-hybridized carbons (Fsp3) is 0.583. The van der Waals surface area contributed by atoms with Crippen LogP contribution >= 0.6 is 0 Å². The molecule has 0 atom stereocenters. The molecule has 1 heterocycles. The van der Waals surface area contributed by atoms with Crippen molar-refractivity contribution >= 4 is 11.6 Å². The second kappa shape index (κ2) is 5.23. The number of hydrogen-bond acceptors (Lipinski definition) is 4. The SMILES string of the molecule is Cc1ncc(N(C)C(=O)CNC2CCC2)cn1. The van der Waals surface area contributed by atoms with Gasteiger partial charge < -0.3 is 10.2 Å². The van der Waals surface area contributed by atoms with Gasteiger partial charge in [0.15, 0.2) is 0 Å². The van der Waals surface area contributed by atoms with E-state index in [1.807, 2.05) is 6.92 Å². The standard InChI is InChI=1S/C12H18N4O/c1-9-13-6-11(7-14-9)16(2)12(17)8-15-10-4-3-5-10/h6-7,10,15H,3-5,8H2,1-2H3. The number of carbonyl (C=O) groups excluding carboxylic acids is 1. The third kappa shape index (κ3) is 3.00. The zero-order valence-electron chi connectivity index (χ0n) is 10.3. The minimum absolute atomic E-state index is 0.0457. The summed E-state index contributed by atoms with van der Waals surface area (Å²) in [5.74, 6) is 0.756. The predicted octanol–water partition coefficient (Wildman–Crippen LogP) is 0.890. The molecular weight excluding hydrogens is 216 g/mol. The Hall–Kier alpha value is -1.49. The lowest BCUT2D eigenvalue weighted by atomic mass is 9.93. The summed E-state index contributed by atoms with van der Waals surface area (Å²) >= 11 is 0. The van der Waals surface area contributed by atoms with Crippen molar-refractivity contribution in [3.05, 3.63) is 18.2 Å². The highest BCUT2D eigenvalue weighted by atomic mass is 16.2. The van der Waals surface area contributed by atoms with Gasteiger partial charge in [-0.15, -0.1) is 0 Å². The Balaban J connectivity index is 1.87. The number of anilines is 1. The first-order valence-corrected chi connectivity index (χ1v) is 5.95. The van der Waals surface area contributed by atoms with Gasteiger partial charge in [0.25, 0.3) is 0 Å². The van der Waals surface area contributed by atoms with Crippen LogP contribution in [0.5, 0.6) is 0 Å². The molecule has 5 nitrogen and oxygen atoms in total. The number of amides is 1. The number of nitrogens with zero attached hydrogens (tertiary/aromatic N) is 3. The van der Waals surface area contributed by atoms with E-state index >= 15 is 0 Å². The fourth-order valence-electron chi connectivity index (χ4n) is 1.67. The van der Waals surface area contributed by atoms with E-state index in [1.54, 1.807) is 24.3 Å². The Morgan fingerprint density at radius 3 is 2.65 bits per heavy atom. The highest BCUT2D eigenvalue weighted by molar-refractivity contribution is 5.93. The lowest BCUT2D eigenvalue weighted by Gasteiger charge is -2.27. The van der Waals surface area contributed by atoms with Crippen LogP contribution < -0.4 is 10.2 Å². The highest BCUT2D eigenvalue weighted by Gasteiger charge is 2.19. The van der Waals surface area contributed by atoms with Gasteiger partial charge in [0.1, 0.15) is 5.82 Å². The number of aromatic nitrogens is 2. The Kier molecular flexibility index (Phi) is 3.68. The Morgan fingerprint density at radius 2 is 2.12 bits per heavy atom. The van der Waals surface area contributed by atoms with E-state index < -0.39 is 0 Å². The zero-order chi connectivity index (χ0) is 12.3. The molecule has 0 saturated heterocycles. The van der Waals surface area contributed by atoms with E-state index in [4.69, 9.17) is 0 Å². The average molecular weight is 234 g/mol. The summed E-state index contributed by atoms with van der Waals surface area (Å²) in [7, 11) is 1.75. The van der Waals surface area contributed by atoms with Gasteiger partial charge >= 0.3 is 0 Å². The molecule has 0 radical (unpaired) electrons. The van der Waals surface area contributed by atoms with Crippen LogP contribution in [0.25, 0.3) is 0 Å². The van der Waals surface area contributed by atoms with Gasteiger partial charge in [-0.3, -0.25) is 4.79 Å². The van der Waals surface area contributed by atoms with Crippen molar-refractivity contribution in [1.82, 2.24) is 15.3 Å². The van der Waals surface area contributed by atoms with Crippen molar-refractivity contribution in [3.8, 4) is 0 Å². The van der Waals surface area contributed by atoms with Crippen LogP contribution in [0.4, 0.5) is 5.69 Å². The fourth-order valence-corrected chi connectivity index (χ4v) is 1.67. The van der Waals surface area contributed by atoms with Crippen molar-refractivity contribution in [2.45, 2.75) is 32.2 Å². The lowest BCUT2D eigenvalue weighted by Crippen LogP contribution is -2.42. The van der Waals surface area contributed by atoms with Crippen molar-refractivity contribution < 1.29 is 4.79 Å². The molecule has 1 saturated carbocycles. The maximum atomic E-state index is 11.9. The summed E-state index contributed by atoms with van der Waals surface area (Å²) in [5, 5.41) is 3.25. The topological polar surface area (TPSA) is 58.1 Å². The lowest BCUT2D eigenvalue weighted by molar-refractivity contribution is -0.117. The molecule has 0 aliphatic heterocycles. The molecule has 2 rings (SSSR count). The molecule has 1 aliphatic rings. The van der Waals surface area contributed by atoms with Crippen LogP contribution in [0.2, 0.25) is 0 Å². The van der Waals surface area contributed by atoms with Crippen molar-refractivity contribution in [2.24, 2.45) is 0 Å². The number of nitrogens with one attached hydrogen (secondary N) is 1. The number of carbonyl (C=O) groups is 1.